The third kappa shape index (κ3) is 3.22. The van der Waals surface area contributed by atoms with Crippen LogP contribution in [-0.2, 0) is 13.3 Å². The molecule has 0 aromatic carbocycles. The van der Waals surface area contributed by atoms with E-state index in [1.165, 1.54) is 0 Å². The van der Waals surface area contributed by atoms with E-state index in [1.54, 1.807) is 21.3 Å². The van der Waals surface area contributed by atoms with Crippen LogP contribution < -0.4 is 5.73 Å². The molecule has 0 radical (unpaired) electrons. The first-order chi connectivity index (χ1) is 6.57. The Morgan fingerprint density at radius 2 is 1.64 bits per heavy atom. The summed E-state index contributed by atoms with van der Waals surface area (Å²) in [5.74, 6) is 0.747. The highest BCUT2D eigenvalue weighted by atomic mass is 32.1. The van der Waals surface area contributed by atoms with E-state index in [0.29, 0.717) is 0 Å². The fourth-order valence-electron chi connectivity index (χ4n) is 1.60. The van der Waals surface area contributed by atoms with Crippen molar-refractivity contribution in [3.63, 3.8) is 0 Å². The van der Waals surface area contributed by atoms with Gasteiger partial charge in [-0.2, -0.15) is 12.6 Å². The van der Waals surface area contributed by atoms with E-state index in [2.05, 4.69) is 12.6 Å². The van der Waals surface area contributed by atoms with Gasteiger partial charge in [0.2, 0.25) is 0 Å². The molecule has 0 saturated carbocycles. The number of hydrogen-bond acceptors (Lipinski definition) is 5. The average Bonchev–Trinajstić information content (AvgIpc) is 2.19. The van der Waals surface area contributed by atoms with Crippen molar-refractivity contribution in [2.24, 2.45) is 5.73 Å². The first kappa shape index (κ1) is 14.4. The maximum Gasteiger partial charge on any atom is 0.505 e. The highest BCUT2D eigenvalue weighted by Gasteiger charge is 2.48. The highest BCUT2D eigenvalue weighted by molar-refractivity contribution is 7.80. The third-order valence-electron chi connectivity index (χ3n) is 2.38. The minimum Gasteiger partial charge on any atom is -0.377 e. The quantitative estimate of drug-likeness (QED) is 0.512. The molecule has 86 valence electrons. The zero-order valence-corrected chi connectivity index (χ0v) is 11.2. The fraction of sp³-hybridized carbons (Fsp3) is 1.00. The molecule has 0 spiro atoms. The summed E-state index contributed by atoms with van der Waals surface area (Å²) in [5.41, 5.74) is 5.99. The van der Waals surface area contributed by atoms with Crippen LogP contribution in [-0.4, -0.2) is 41.9 Å². The van der Waals surface area contributed by atoms with Crippen molar-refractivity contribution in [3.8, 4) is 0 Å². The fourth-order valence-corrected chi connectivity index (χ4v) is 4.68. The molecule has 0 bridgehead atoms. The van der Waals surface area contributed by atoms with Crippen molar-refractivity contribution in [1.82, 2.24) is 0 Å². The van der Waals surface area contributed by atoms with Gasteiger partial charge < -0.3 is 19.0 Å². The number of hydrogen-bond donors (Lipinski definition) is 2. The van der Waals surface area contributed by atoms with Crippen LogP contribution in [0.3, 0.4) is 0 Å². The first-order valence-electron chi connectivity index (χ1n) is 4.59. The maximum atomic E-state index is 5.90. The number of rotatable bonds is 7. The second-order valence-corrected chi connectivity index (χ2v) is 6.81. The Bertz CT molecular complexity index is 147. The summed E-state index contributed by atoms with van der Waals surface area (Å²) in [4.78, 5) is 0. The molecule has 0 aromatic rings. The van der Waals surface area contributed by atoms with E-state index in [0.717, 1.165) is 12.2 Å². The second kappa shape index (κ2) is 6.81. The molecular weight excluding hydrogens is 218 g/mol. The molecule has 0 aliphatic rings. The van der Waals surface area contributed by atoms with Crippen molar-refractivity contribution in [2.45, 2.75) is 24.9 Å². The number of thiol groups is 1. The normalized spacial score (nSPS) is 16.7. The second-order valence-electron chi connectivity index (χ2n) is 3.19. The van der Waals surface area contributed by atoms with Gasteiger partial charge in [-0.1, -0.05) is 0 Å². The van der Waals surface area contributed by atoms with Crippen molar-refractivity contribution in [1.29, 1.82) is 0 Å². The summed E-state index contributed by atoms with van der Waals surface area (Å²) < 4.78 is 16.2. The Hall–Kier alpha value is 0.407. The Kier molecular flexibility index (Phi) is 7.01. The summed E-state index contributed by atoms with van der Waals surface area (Å²) in [6, 6.07) is -0.0198. The van der Waals surface area contributed by atoms with Crippen molar-refractivity contribution in [2.75, 3.05) is 27.1 Å². The molecular formula is C8H21NO3SSi. The predicted octanol–water partition coefficient (Wildman–Crippen LogP) is 0.902. The Balaban J connectivity index is 4.70. The standard InChI is InChI=1S/C8H21NO3SSi/c1-7(9)8(5-6-13)14(10-2,11-3)12-4/h7-8,13H,5-6,9H2,1-4H3. The first-order valence-corrected chi connectivity index (χ1v) is 7.03. The van der Waals surface area contributed by atoms with E-state index < -0.39 is 8.80 Å². The third-order valence-corrected chi connectivity index (χ3v) is 6.07. The Labute approximate surface area is 92.9 Å². The molecule has 0 aliphatic carbocycles. The molecule has 4 nitrogen and oxygen atoms in total. The van der Waals surface area contributed by atoms with E-state index in [4.69, 9.17) is 19.0 Å². The van der Waals surface area contributed by atoms with Crippen LogP contribution in [0.2, 0.25) is 5.54 Å². The van der Waals surface area contributed by atoms with E-state index in [1.807, 2.05) is 6.92 Å². The lowest BCUT2D eigenvalue weighted by atomic mass is 10.2. The van der Waals surface area contributed by atoms with Gasteiger partial charge in [0.25, 0.3) is 0 Å². The van der Waals surface area contributed by atoms with Crippen LogP contribution in [0.4, 0.5) is 0 Å². The van der Waals surface area contributed by atoms with Gasteiger partial charge in [0.1, 0.15) is 0 Å². The Morgan fingerprint density at radius 3 is 1.86 bits per heavy atom. The molecule has 2 atom stereocenters. The van der Waals surface area contributed by atoms with Gasteiger partial charge in [0.05, 0.1) is 0 Å². The molecule has 14 heavy (non-hydrogen) atoms. The SMILES string of the molecule is CO[Si](OC)(OC)C(CCS)C(C)N. The van der Waals surface area contributed by atoms with Gasteiger partial charge in [-0.05, 0) is 19.1 Å². The summed E-state index contributed by atoms with van der Waals surface area (Å²) in [6.45, 7) is 1.94. The van der Waals surface area contributed by atoms with Gasteiger partial charge >= 0.3 is 8.80 Å². The highest BCUT2D eigenvalue weighted by Crippen LogP contribution is 2.30. The molecule has 0 amide bonds. The summed E-state index contributed by atoms with van der Waals surface area (Å²) >= 11 is 4.20. The van der Waals surface area contributed by atoms with Crippen molar-refractivity contribution in [3.05, 3.63) is 0 Å². The lowest BCUT2D eigenvalue weighted by Gasteiger charge is -2.34. The van der Waals surface area contributed by atoms with E-state index in [9.17, 15) is 0 Å². The monoisotopic (exact) mass is 239 g/mol. The number of nitrogens with two attached hydrogens (primary N) is 1. The van der Waals surface area contributed by atoms with Gasteiger partial charge in [-0.3, -0.25) is 0 Å². The predicted molar refractivity (Wildman–Crippen MR) is 62.7 cm³/mol. The van der Waals surface area contributed by atoms with Crippen LogP contribution in [0.15, 0.2) is 0 Å². The van der Waals surface area contributed by atoms with Crippen LogP contribution in [0.5, 0.6) is 0 Å². The lowest BCUT2D eigenvalue weighted by Crippen LogP contribution is -2.53. The molecule has 2 unspecified atom stereocenters. The average molecular weight is 239 g/mol. The molecule has 0 aliphatic heterocycles. The van der Waals surface area contributed by atoms with Crippen molar-refractivity contribution < 1.29 is 13.3 Å². The van der Waals surface area contributed by atoms with Crippen LogP contribution in [0.1, 0.15) is 13.3 Å². The molecule has 2 N–H and O–H groups in total. The molecule has 0 heterocycles. The smallest absolute Gasteiger partial charge is 0.377 e. The molecule has 0 aromatic heterocycles. The van der Waals surface area contributed by atoms with Crippen LogP contribution in [0, 0.1) is 0 Å². The maximum absolute atomic E-state index is 5.90. The van der Waals surface area contributed by atoms with Crippen molar-refractivity contribution >= 4 is 21.4 Å². The molecule has 0 rings (SSSR count). The summed E-state index contributed by atoms with van der Waals surface area (Å²) in [5, 5.41) is 0. The Morgan fingerprint density at radius 1 is 1.21 bits per heavy atom. The lowest BCUT2D eigenvalue weighted by molar-refractivity contribution is 0.107. The van der Waals surface area contributed by atoms with Gasteiger partial charge in [-0.25, -0.2) is 0 Å². The van der Waals surface area contributed by atoms with Gasteiger partial charge in [0.15, 0.2) is 0 Å². The molecule has 6 heteroatoms. The van der Waals surface area contributed by atoms with E-state index >= 15 is 0 Å². The topological polar surface area (TPSA) is 53.7 Å². The zero-order chi connectivity index (χ0) is 11.2. The zero-order valence-electron chi connectivity index (χ0n) is 9.32. The van der Waals surface area contributed by atoms with Gasteiger partial charge in [0, 0.05) is 32.9 Å². The minimum atomic E-state index is -2.60. The minimum absolute atomic E-state index is 0.0198. The van der Waals surface area contributed by atoms with Crippen LogP contribution in [0.25, 0.3) is 0 Å². The molecule has 0 saturated heterocycles. The van der Waals surface area contributed by atoms with E-state index in [-0.39, 0.29) is 11.6 Å². The summed E-state index contributed by atoms with van der Waals surface area (Å²) in [6.07, 6.45) is 0.836. The molecule has 0 fully saturated rings. The van der Waals surface area contributed by atoms with Gasteiger partial charge in [-0.15, -0.1) is 0 Å². The van der Waals surface area contributed by atoms with Crippen LogP contribution >= 0.6 is 12.6 Å². The summed E-state index contributed by atoms with van der Waals surface area (Å²) in [7, 11) is 2.21. The largest absolute Gasteiger partial charge is 0.505 e.